The van der Waals surface area contributed by atoms with Gasteiger partial charge >= 0.3 is 5.97 Å². The number of carbonyl (C=O) groups is 1. The zero-order valence-electron chi connectivity index (χ0n) is 7.64. The molecule has 0 bridgehead atoms. The number of hydrogen-bond donors (Lipinski definition) is 0. The third-order valence-electron chi connectivity index (χ3n) is 1.64. The Kier molecular flexibility index (Phi) is 4.00. The van der Waals surface area contributed by atoms with Crippen molar-refractivity contribution in [3.05, 3.63) is 26.3 Å². The Morgan fingerprint density at radius 2 is 2.07 bits per heavy atom. The van der Waals surface area contributed by atoms with Gasteiger partial charge in [-0.3, -0.25) is 0 Å². The Hall–Kier alpha value is -0.490. The highest BCUT2D eigenvalue weighted by Gasteiger charge is 2.12. The van der Waals surface area contributed by atoms with Crippen molar-refractivity contribution in [3.63, 3.8) is 0 Å². The molecule has 0 fully saturated rings. The smallest absolute Gasteiger partial charge is 0.338 e. The zero-order chi connectivity index (χ0) is 10.7. The number of carbonyl (C=O) groups excluding carboxylic acids is 1. The van der Waals surface area contributed by atoms with Crippen LogP contribution in [0.4, 0.5) is 0 Å². The molecular formula is C9H8ClIO3. The maximum atomic E-state index is 11.2. The summed E-state index contributed by atoms with van der Waals surface area (Å²) in [5.74, 6) is 0.0665. The van der Waals surface area contributed by atoms with Gasteiger partial charge in [-0.05, 0) is 34.7 Å². The maximum Gasteiger partial charge on any atom is 0.338 e. The molecule has 0 aliphatic rings. The summed E-state index contributed by atoms with van der Waals surface area (Å²) in [6.07, 6.45) is 0. The molecule has 5 heteroatoms. The Bertz CT molecular complexity index is 365. The normalized spacial score (nSPS) is 9.71. The standard InChI is InChI=1S/C9H8ClIO3/c1-13-7-4-5(9(12)14-2)3-6(11)8(7)10/h3-4H,1-2H3. The van der Waals surface area contributed by atoms with E-state index < -0.39 is 5.97 Å². The second kappa shape index (κ2) is 4.84. The molecule has 0 heterocycles. The fraction of sp³-hybridized carbons (Fsp3) is 0.222. The Morgan fingerprint density at radius 1 is 1.43 bits per heavy atom. The molecular weight excluding hydrogens is 318 g/mol. The van der Waals surface area contributed by atoms with Crippen molar-refractivity contribution >= 4 is 40.2 Å². The van der Waals surface area contributed by atoms with Crippen molar-refractivity contribution in [2.75, 3.05) is 14.2 Å². The monoisotopic (exact) mass is 326 g/mol. The zero-order valence-corrected chi connectivity index (χ0v) is 10.5. The van der Waals surface area contributed by atoms with Gasteiger partial charge in [0, 0.05) is 3.57 Å². The van der Waals surface area contributed by atoms with Gasteiger partial charge in [0.1, 0.15) is 5.75 Å². The fourth-order valence-corrected chi connectivity index (χ4v) is 1.74. The lowest BCUT2D eigenvalue weighted by Gasteiger charge is -2.07. The average molecular weight is 327 g/mol. The number of benzene rings is 1. The first-order valence-electron chi connectivity index (χ1n) is 3.71. The van der Waals surface area contributed by atoms with Crippen LogP contribution in [0.25, 0.3) is 0 Å². The number of hydrogen-bond acceptors (Lipinski definition) is 3. The minimum absolute atomic E-state index is 0.405. The summed E-state index contributed by atoms with van der Waals surface area (Å²) in [5.41, 5.74) is 0.429. The molecule has 0 spiro atoms. The van der Waals surface area contributed by atoms with Crippen molar-refractivity contribution in [2.24, 2.45) is 0 Å². The second-order valence-corrected chi connectivity index (χ2v) is 4.01. The minimum atomic E-state index is -0.405. The summed E-state index contributed by atoms with van der Waals surface area (Å²) in [7, 11) is 2.83. The van der Waals surface area contributed by atoms with Gasteiger partial charge in [0.2, 0.25) is 0 Å². The number of ether oxygens (including phenoxy) is 2. The Morgan fingerprint density at radius 3 is 2.57 bits per heavy atom. The molecule has 0 saturated carbocycles. The van der Waals surface area contributed by atoms with E-state index in [0.717, 1.165) is 3.57 Å². The van der Waals surface area contributed by atoms with Crippen LogP contribution in [0, 0.1) is 3.57 Å². The maximum absolute atomic E-state index is 11.2. The first-order chi connectivity index (χ1) is 6.60. The van der Waals surface area contributed by atoms with E-state index in [2.05, 4.69) is 4.74 Å². The van der Waals surface area contributed by atoms with Gasteiger partial charge in [0.25, 0.3) is 0 Å². The molecule has 1 aromatic carbocycles. The van der Waals surface area contributed by atoms with E-state index in [0.29, 0.717) is 16.3 Å². The summed E-state index contributed by atoms with van der Waals surface area (Å²) in [4.78, 5) is 11.2. The highest BCUT2D eigenvalue weighted by molar-refractivity contribution is 14.1. The molecule has 76 valence electrons. The third kappa shape index (κ3) is 2.30. The topological polar surface area (TPSA) is 35.5 Å². The average Bonchev–Trinajstić information content (AvgIpc) is 2.20. The van der Waals surface area contributed by atoms with E-state index in [1.807, 2.05) is 22.6 Å². The first-order valence-corrected chi connectivity index (χ1v) is 5.17. The van der Waals surface area contributed by atoms with Gasteiger partial charge in [-0.25, -0.2) is 4.79 Å². The lowest BCUT2D eigenvalue weighted by atomic mass is 10.2. The lowest BCUT2D eigenvalue weighted by molar-refractivity contribution is 0.0600. The number of rotatable bonds is 2. The van der Waals surface area contributed by atoms with Crippen LogP contribution in [-0.4, -0.2) is 20.2 Å². The molecule has 1 aromatic rings. The van der Waals surface area contributed by atoms with Gasteiger partial charge in [0.15, 0.2) is 0 Å². The van der Waals surface area contributed by atoms with Crippen LogP contribution in [0.2, 0.25) is 5.02 Å². The van der Waals surface area contributed by atoms with Gasteiger partial charge in [-0.2, -0.15) is 0 Å². The summed E-state index contributed by atoms with van der Waals surface area (Å²) in [6.45, 7) is 0. The van der Waals surface area contributed by atoms with E-state index in [9.17, 15) is 4.79 Å². The van der Waals surface area contributed by atoms with Crippen LogP contribution in [0.3, 0.4) is 0 Å². The Balaban J connectivity index is 3.22. The molecule has 0 radical (unpaired) electrons. The highest BCUT2D eigenvalue weighted by atomic mass is 127. The summed E-state index contributed by atoms with van der Waals surface area (Å²) in [5, 5.41) is 0.501. The van der Waals surface area contributed by atoms with Crippen molar-refractivity contribution < 1.29 is 14.3 Å². The van der Waals surface area contributed by atoms with Crippen LogP contribution >= 0.6 is 34.2 Å². The predicted molar refractivity (Wildman–Crippen MR) is 62.1 cm³/mol. The molecule has 0 atom stereocenters. The molecule has 0 N–H and O–H groups in total. The van der Waals surface area contributed by atoms with Crippen molar-refractivity contribution in [1.29, 1.82) is 0 Å². The minimum Gasteiger partial charge on any atom is -0.495 e. The van der Waals surface area contributed by atoms with E-state index >= 15 is 0 Å². The summed E-state index contributed by atoms with van der Waals surface area (Å²) in [6, 6.07) is 3.20. The lowest BCUT2D eigenvalue weighted by Crippen LogP contribution is -2.02. The molecule has 0 aliphatic heterocycles. The van der Waals surface area contributed by atoms with Gasteiger partial charge in [-0.15, -0.1) is 0 Å². The SMILES string of the molecule is COC(=O)c1cc(I)c(Cl)c(OC)c1. The molecule has 0 aliphatic carbocycles. The van der Waals surface area contributed by atoms with Crippen molar-refractivity contribution in [1.82, 2.24) is 0 Å². The molecule has 14 heavy (non-hydrogen) atoms. The highest BCUT2D eigenvalue weighted by Crippen LogP contribution is 2.30. The van der Waals surface area contributed by atoms with E-state index in [1.165, 1.54) is 14.2 Å². The van der Waals surface area contributed by atoms with E-state index in [4.69, 9.17) is 16.3 Å². The predicted octanol–water partition coefficient (Wildman–Crippen LogP) is 2.74. The molecule has 0 aromatic heterocycles. The summed E-state index contributed by atoms with van der Waals surface area (Å²) < 4.78 is 10.4. The van der Waals surface area contributed by atoms with E-state index in [1.54, 1.807) is 12.1 Å². The fourth-order valence-electron chi connectivity index (χ4n) is 0.948. The van der Waals surface area contributed by atoms with Crippen LogP contribution in [0.1, 0.15) is 10.4 Å². The van der Waals surface area contributed by atoms with E-state index in [-0.39, 0.29) is 0 Å². The molecule has 3 nitrogen and oxygen atoms in total. The van der Waals surface area contributed by atoms with Crippen LogP contribution in [0.5, 0.6) is 5.75 Å². The third-order valence-corrected chi connectivity index (χ3v) is 3.20. The van der Waals surface area contributed by atoms with Crippen LogP contribution in [-0.2, 0) is 4.74 Å². The second-order valence-electron chi connectivity index (χ2n) is 2.47. The summed E-state index contributed by atoms with van der Waals surface area (Å²) >= 11 is 7.96. The first kappa shape index (κ1) is 11.6. The van der Waals surface area contributed by atoms with Crippen molar-refractivity contribution in [3.8, 4) is 5.75 Å². The van der Waals surface area contributed by atoms with Crippen LogP contribution < -0.4 is 4.74 Å². The van der Waals surface area contributed by atoms with Gasteiger partial charge in [0.05, 0.1) is 24.8 Å². The van der Waals surface area contributed by atoms with Crippen molar-refractivity contribution in [2.45, 2.75) is 0 Å². The molecule has 0 saturated heterocycles. The number of esters is 1. The number of halogens is 2. The van der Waals surface area contributed by atoms with Gasteiger partial charge < -0.3 is 9.47 Å². The molecule has 0 amide bonds. The van der Waals surface area contributed by atoms with Crippen LogP contribution in [0.15, 0.2) is 12.1 Å². The van der Waals surface area contributed by atoms with Gasteiger partial charge in [-0.1, -0.05) is 11.6 Å². The Labute approximate surface area is 100 Å². The quantitative estimate of drug-likeness (QED) is 0.619. The largest absolute Gasteiger partial charge is 0.495 e. The molecule has 1 rings (SSSR count). The molecule has 0 unspecified atom stereocenters. The number of methoxy groups -OCH3 is 2.